The third-order valence-corrected chi connectivity index (χ3v) is 5.90. The van der Waals surface area contributed by atoms with Crippen molar-refractivity contribution in [3.63, 3.8) is 0 Å². The van der Waals surface area contributed by atoms with Crippen LogP contribution in [0.3, 0.4) is 0 Å². The summed E-state index contributed by atoms with van der Waals surface area (Å²) in [4.78, 5) is 26.1. The molecule has 2 unspecified atom stereocenters. The molecule has 0 amide bonds. The number of nitrogens with zero attached hydrogens (tertiary/aromatic N) is 2. The van der Waals surface area contributed by atoms with Gasteiger partial charge in [-0.2, -0.15) is 0 Å². The fourth-order valence-electron chi connectivity index (χ4n) is 4.22. The van der Waals surface area contributed by atoms with Gasteiger partial charge in [-0.15, -0.1) is 0 Å². The maximum absolute atomic E-state index is 14.9. The van der Waals surface area contributed by atoms with E-state index < -0.39 is 17.2 Å². The Kier molecular flexibility index (Phi) is 4.10. The van der Waals surface area contributed by atoms with E-state index in [9.17, 15) is 19.1 Å². The largest absolute Gasteiger partial charge is 0.477 e. The lowest BCUT2D eigenvalue weighted by atomic mass is 9.94. The fourth-order valence-corrected chi connectivity index (χ4v) is 4.22. The summed E-state index contributed by atoms with van der Waals surface area (Å²) in [5.41, 5.74) is 0.420. The Labute approximate surface area is 151 Å². The van der Waals surface area contributed by atoms with Gasteiger partial charge in [-0.25, -0.2) is 9.18 Å². The van der Waals surface area contributed by atoms with E-state index in [1.165, 1.54) is 12.3 Å². The highest BCUT2D eigenvalue weighted by Gasteiger charge is 2.31. The average molecular weight is 358 g/mol. The molecular weight excluding hydrogens is 335 g/mol. The van der Waals surface area contributed by atoms with Crippen molar-refractivity contribution in [1.29, 1.82) is 0 Å². The van der Waals surface area contributed by atoms with E-state index >= 15 is 0 Å². The number of halogens is 1. The minimum atomic E-state index is -1.26. The Hall–Kier alpha value is -2.21. The second kappa shape index (κ2) is 6.20. The molecule has 2 aromatic rings. The molecule has 138 valence electrons. The minimum Gasteiger partial charge on any atom is -0.477 e. The van der Waals surface area contributed by atoms with Crippen molar-refractivity contribution in [2.75, 3.05) is 14.1 Å². The van der Waals surface area contributed by atoms with Gasteiger partial charge in [0.2, 0.25) is 5.43 Å². The summed E-state index contributed by atoms with van der Waals surface area (Å²) in [7, 11) is 4.09. The number of fused-ring (bicyclic) bond motifs is 1. The van der Waals surface area contributed by atoms with Crippen molar-refractivity contribution in [3.8, 4) is 0 Å². The number of aromatic carboxylic acids is 1. The molecule has 0 spiro atoms. The molecule has 1 heterocycles. The van der Waals surface area contributed by atoms with E-state index in [-0.39, 0.29) is 22.9 Å². The SMILES string of the molecule is CN(C)C1CCC(c2cc3c(cc2F)c(=O)c(C(=O)O)cn3C2CC2)C1. The Morgan fingerprint density at radius 1 is 1.23 bits per heavy atom. The van der Waals surface area contributed by atoms with Crippen LogP contribution in [0.1, 0.15) is 60.0 Å². The van der Waals surface area contributed by atoms with Gasteiger partial charge in [-0.3, -0.25) is 4.79 Å². The number of aromatic nitrogens is 1. The molecule has 0 saturated heterocycles. The second-order valence-corrected chi connectivity index (χ2v) is 7.83. The topological polar surface area (TPSA) is 62.5 Å². The van der Waals surface area contributed by atoms with Gasteiger partial charge in [0, 0.05) is 23.7 Å². The van der Waals surface area contributed by atoms with Gasteiger partial charge >= 0.3 is 5.97 Å². The third kappa shape index (κ3) is 2.82. The van der Waals surface area contributed by atoms with Crippen molar-refractivity contribution in [2.45, 2.75) is 50.1 Å². The van der Waals surface area contributed by atoms with E-state index in [1.807, 2.05) is 18.7 Å². The van der Waals surface area contributed by atoms with Crippen LogP contribution >= 0.6 is 0 Å². The fraction of sp³-hybridized carbons (Fsp3) is 0.500. The van der Waals surface area contributed by atoms with Crippen LogP contribution in [0.2, 0.25) is 0 Å². The quantitative estimate of drug-likeness (QED) is 0.910. The Morgan fingerprint density at radius 2 is 1.96 bits per heavy atom. The van der Waals surface area contributed by atoms with E-state index in [0.29, 0.717) is 17.1 Å². The average Bonchev–Trinajstić information content (AvgIpc) is 3.30. The summed E-state index contributed by atoms with van der Waals surface area (Å²) in [5.74, 6) is -1.53. The predicted molar refractivity (Wildman–Crippen MR) is 97.5 cm³/mol. The molecule has 2 atom stereocenters. The highest BCUT2D eigenvalue weighted by atomic mass is 19.1. The molecule has 2 fully saturated rings. The summed E-state index contributed by atoms with van der Waals surface area (Å²) >= 11 is 0. The molecule has 0 radical (unpaired) electrons. The van der Waals surface area contributed by atoms with Crippen LogP contribution in [0.4, 0.5) is 4.39 Å². The van der Waals surface area contributed by atoms with Crippen LogP contribution in [0.5, 0.6) is 0 Å². The second-order valence-electron chi connectivity index (χ2n) is 7.83. The predicted octanol–water partition coefficient (Wildman–Crippen LogP) is 3.37. The smallest absolute Gasteiger partial charge is 0.341 e. The van der Waals surface area contributed by atoms with Gasteiger partial charge in [-0.1, -0.05) is 0 Å². The molecule has 2 aliphatic carbocycles. The van der Waals surface area contributed by atoms with Gasteiger partial charge < -0.3 is 14.6 Å². The van der Waals surface area contributed by atoms with Gasteiger partial charge in [0.05, 0.1) is 5.52 Å². The molecule has 2 aliphatic rings. The van der Waals surface area contributed by atoms with Crippen LogP contribution in [-0.4, -0.2) is 40.7 Å². The van der Waals surface area contributed by atoms with Crippen molar-refractivity contribution >= 4 is 16.9 Å². The number of hydrogen-bond donors (Lipinski definition) is 1. The molecule has 2 saturated carbocycles. The standard InChI is InChI=1S/C20H23FN2O3/c1-22(2)13-4-3-11(7-13)14-9-18-15(8-17(14)21)19(24)16(20(25)26)10-23(18)12-5-6-12/h8-13H,3-7H2,1-2H3,(H,25,26). The molecule has 1 aromatic heterocycles. The Bertz CT molecular complexity index is 946. The zero-order chi connectivity index (χ0) is 18.6. The molecule has 0 aliphatic heterocycles. The lowest BCUT2D eigenvalue weighted by molar-refractivity contribution is 0.0695. The molecule has 0 bridgehead atoms. The highest BCUT2D eigenvalue weighted by Crippen LogP contribution is 2.41. The first-order chi connectivity index (χ1) is 12.4. The van der Waals surface area contributed by atoms with Crippen molar-refractivity contribution in [1.82, 2.24) is 9.47 Å². The third-order valence-electron chi connectivity index (χ3n) is 5.90. The van der Waals surface area contributed by atoms with E-state index in [4.69, 9.17) is 0 Å². The number of rotatable bonds is 4. The lowest BCUT2D eigenvalue weighted by Crippen LogP contribution is -2.24. The van der Waals surface area contributed by atoms with E-state index in [2.05, 4.69) is 4.90 Å². The molecule has 6 heteroatoms. The number of carboxylic acid groups (broad SMARTS) is 1. The zero-order valence-corrected chi connectivity index (χ0v) is 15.0. The first-order valence-electron chi connectivity index (χ1n) is 9.15. The molecule has 1 N–H and O–H groups in total. The summed E-state index contributed by atoms with van der Waals surface area (Å²) in [5, 5.41) is 9.48. The number of carbonyl (C=O) groups is 1. The van der Waals surface area contributed by atoms with Crippen LogP contribution in [0.25, 0.3) is 10.9 Å². The number of benzene rings is 1. The van der Waals surface area contributed by atoms with Crippen LogP contribution in [0, 0.1) is 5.82 Å². The summed E-state index contributed by atoms with van der Waals surface area (Å²) in [6.45, 7) is 0. The van der Waals surface area contributed by atoms with Gasteiger partial charge in [0.25, 0.3) is 0 Å². The van der Waals surface area contributed by atoms with Crippen LogP contribution in [-0.2, 0) is 0 Å². The normalized spacial score (nSPS) is 23.1. The van der Waals surface area contributed by atoms with Crippen molar-refractivity contribution in [3.05, 3.63) is 45.5 Å². The first-order valence-corrected chi connectivity index (χ1v) is 9.15. The van der Waals surface area contributed by atoms with Gasteiger partial charge in [0.15, 0.2) is 0 Å². The summed E-state index contributed by atoms with van der Waals surface area (Å²) < 4.78 is 16.7. The van der Waals surface area contributed by atoms with Crippen molar-refractivity contribution < 1.29 is 14.3 Å². The molecule has 5 nitrogen and oxygen atoms in total. The maximum atomic E-state index is 14.9. The van der Waals surface area contributed by atoms with Crippen LogP contribution < -0.4 is 5.43 Å². The molecule has 1 aromatic carbocycles. The zero-order valence-electron chi connectivity index (χ0n) is 15.0. The lowest BCUT2D eigenvalue weighted by Gasteiger charge is -2.20. The number of carboxylic acids is 1. The van der Waals surface area contributed by atoms with E-state index in [0.717, 1.165) is 32.1 Å². The van der Waals surface area contributed by atoms with Crippen LogP contribution in [0.15, 0.2) is 23.1 Å². The monoisotopic (exact) mass is 358 g/mol. The Balaban J connectivity index is 1.86. The summed E-state index contributed by atoms with van der Waals surface area (Å²) in [6.07, 6.45) is 6.19. The Morgan fingerprint density at radius 3 is 2.54 bits per heavy atom. The highest BCUT2D eigenvalue weighted by molar-refractivity contribution is 5.92. The molecular formula is C20H23FN2O3. The maximum Gasteiger partial charge on any atom is 0.341 e. The van der Waals surface area contributed by atoms with Gasteiger partial charge in [-0.05, 0) is 69.8 Å². The minimum absolute atomic E-state index is 0.133. The van der Waals surface area contributed by atoms with Crippen molar-refractivity contribution in [2.24, 2.45) is 0 Å². The van der Waals surface area contributed by atoms with Gasteiger partial charge in [0.1, 0.15) is 11.4 Å². The number of pyridine rings is 1. The summed E-state index contributed by atoms with van der Waals surface area (Å²) in [6, 6.07) is 3.68. The first kappa shape index (κ1) is 17.2. The molecule has 26 heavy (non-hydrogen) atoms. The number of hydrogen-bond acceptors (Lipinski definition) is 3. The van der Waals surface area contributed by atoms with E-state index in [1.54, 1.807) is 6.07 Å². The molecule has 4 rings (SSSR count).